The Morgan fingerprint density at radius 3 is 2.06 bits per heavy atom. The largest absolute Gasteiger partial charge is 0.497 e. The van der Waals surface area contributed by atoms with E-state index in [1.54, 1.807) is 12.0 Å². The smallest absolute Gasteiger partial charge is 0.264 e. The monoisotopic (exact) mass is 898 g/mol. The van der Waals surface area contributed by atoms with Gasteiger partial charge in [-0.2, -0.15) is 0 Å². The minimum Gasteiger partial charge on any atom is -0.497 e. The highest BCUT2D eigenvalue weighted by Gasteiger charge is 2.66. The van der Waals surface area contributed by atoms with Crippen LogP contribution >= 0.6 is 0 Å². The summed E-state index contributed by atoms with van der Waals surface area (Å²) in [4.78, 5) is 65.0. The molecule has 4 atom stereocenters. The number of carbonyl (C=O) groups is 4. The van der Waals surface area contributed by atoms with Gasteiger partial charge in [0, 0.05) is 61.9 Å². The number of aliphatic hydroxyl groups excluding tert-OH is 1. The van der Waals surface area contributed by atoms with E-state index < -0.39 is 19.8 Å². The highest BCUT2D eigenvalue weighted by molar-refractivity contribution is 6.91. The van der Waals surface area contributed by atoms with E-state index in [0.717, 1.165) is 90.5 Å². The summed E-state index contributed by atoms with van der Waals surface area (Å²) in [5, 5.41) is 11.3. The molecule has 4 aliphatic rings. The third-order valence-corrected chi connectivity index (χ3v) is 19.0. The van der Waals surface area contributed by atoms with Gasteiger partial charge in [0.25, 0.3) is 5.91 Å². The lowest BCUT2D eigenvalue weighted by atomic mass is 9.82. The topological polar surface area (TPSA) is 120 Å². The Morgan fingerprint density at radius 1 is 0.785 bits per heavy atom. The van der Waals surface area contributed by atoms with E-state index in [1.165, 1.54) is 0 Å². The summed E-state index contributed by atoms with van der Waals surface area (Å²) in [7, 11) is -0.974. The molecule has 1 N–H and O–H groups in total. The van der Waals surface area contributed by atoms with Crippen molar-refractivity contribution in [3.63, 3.8) is 0 Å². The van der Waals surface area contributed by atoms with Gasteiger partial charge in [-0.15, -0.1) is 0 Å². The minimum absolute atomic E-state index is 0.0228. The molecule has 4 amide bonds. The number of amides is 4. The predicted octanol–water partition coefficient (Wildman–Crippen LogP) is 8.46. The van der Waals surface area contributed by atoms with Gasteiger partial charge in [0.1, 0.15) is 5.75 Å². The minimum atomic E-state index is -2.63. The van der Waals surface area contributed by atoms with E-state index in [9.17, 15) is 19.5 Å². The molecule has 8 rings (SSSR count). The van der Waals surface area contributed by atoms with Gasteiger partial charge < -0.3 is 34.2 Å². The van der Waals surface area contributed by atoms with Crippen LogP contribution in [-0.4, -0.2) is 81.2 Å². The Balaban J connectivity index is 1.23. The molecular weight excluding hydrogens is 833 g/mol. The number of benzene rings is 4. The van der Waals surface area contributed by atoms with Gasteiger partial charge in [-0.1, -0.05) is 105 Å². The molecule has 1 spiro atoms. The number of anilines is 3. The molecule has 0 bridgehead atoms. The number of nitrogens with zero attached hydrogens (tertiary/aromatic N) is 4. The highest BCUT2D eigenvalue weighted by atomic mass is 28.3. The van der Waals surface area contributed by atoms with Crippen molar-refractivity contribution in [2.45, 2.75) is 121 Å². The first-order chi connectivity index (χ1) is 31.5. The molecule has 4 heterocycles. The van der Waals surface area contributed by atoms with E-state index >= 15 is 4.79 Å². The molecule has 0 saturated carbocycles. The van der Waals surface area contributed by atoms with Crippen LogP contribution < -0.4 is 24.6 Å². The van der Waals surface area contributed by atoms with E-state index in [1.807, 2.05) is 99.6 Å². The zero-order valence-corrected chi connectivity index (χ0v) is 39.7. The van der Waals surface area contributed by atoms with Gasteiger partial charge in [0.15, 0.2) is 5.60 Å². The Hall–Kier alpha value is -5.30. The molecule has 4 aromatic carbocycles. The lowest BCUT2D eigenvalue weighted by molar-refractivity contribution is -0.150. The molecule has 11 nitrogen and oxygen atoms in total. The Morgan fingerprint density at radius 2 is 1.42 bits per heavy atom. The first-order valence-electron chi connectivity index (χ1n) is 23.9. The molecule has 0 unspecified atom stereocenters. The van der Waals surface area contributed by atoms with Gasteiger partial charge in [-0.3, -0.25) is 19.2 Å². The lowest BCUT2D eigenvalue weighted by Crippen LogP contribution is -2.52. The van der Waals surface area contributed by atoms with Crippen molar-refractivity contribution in [1.29, 1.82) is 0 Å². The van der Waals surface area contributed by atoms with Crippen molar-refractivity contribution in [2.24, 2.45) is 5.92 Å². The van der Waals surface area contributed by atoms with Crippen molar-refractivity contribution in [2.75, 3.05) is 48.1 Å². The fourth-order valence-corrected chi connectivity index (χ4v) is 15.2. The molecule has 3 fully saturated rings. The fourth-order valence-electron chi connectivity index (χ4n) is 11.2. The summed E-state index contributed by atoms with van der Waals surface area (Å²) in [6.45, 7) is 8.54. The normalized spacial score (nSPS) is 22.9. The molecule has 344 valence electrons. The molecule has 0 aliphatic carbocycles. The third kappa shape index (κ3) is 9.40. The average Bonchev–Trinajstić information content (AvgIpc) is 3.72. The third-order valence-electron chi connectivity index (χ3n) is 14.7. The number of ether oxygens (including phenoxy) is 2. The first kappa shape index (κ1) is 46.2. The van der Waals surface area contributed by atoms with Crippen LogP contribution in [0, 0.1) is 5.92 Å². The molecule has 12 heteroatoms. The van der Waals surface area contributed by atoms with Crippen LogP contribution in [0.25, 0.3) is 0 Å². The number of hydrogen-bond acceptors (Lipinski definition) is 7. The number of fused-ring (bicyclic) bond motifs is 2. The van der Waals surface area contributed by atoms with Gasteiger partial charge in [-0.25, -0.2) is 0 Å². The number of carbonyl (C=O) groups excluding carboxylic acids is 4. The summed E-state index contributed by atoms with van der Waals surface area (Å²) in [6.07, 6.45) is 8.17. The van der Waals surface area contributed by atoms with E-state index in [4.69, 9.17) is 9.47 Å². The fraction of sp³-hybridized carbons (Fsp3) is 0.472. The zero-order chi connectivity index (χ0) is 45.7. The van der Waals surface area contributed by atoms with Crippen LogP contribution in [0.3, 0.4) is 0 Å². The predicted molar refractivity (Wildman–Crippen MR) is 258 cm³/mol. The first-order valence-corrected chi connectivity index (χ1v) is 26.9. The SMILES string of the molecule is COc1ccc([Si](C)(C)[C@@H]2[C@@H](CC(=O)N(CCO)Cc3ccccc3)O[C@]3(C(=O)N(Cc4cccc(N5CCCCCCC5=O)c4)c4ccc(N5CCCCCCC5=O)cc43)[C@H]2C)cc1. The Labute approximate surface area is 385 Å². The van der Waals surface area contributed by atoms with Crippen LogP contribution in [0.1, 0.15) is 94.2 Å². The van der Waals surface area contributed by atoms with Gasteiger partial charge >= 0.3 is 0 Å². The van der Waals surface area contributed by atoms with Crippen molar-refractivity contribution in [3.8, 4) is 5.75 Å². The lowest BCUT2D eigenvalue weighted by Gasteiger charge is -2.37. The van der Waals surface area contributed by atoms with Crippen molar-refractivity contribution in [3.05, 3.63) is 114 Å². The van der Waals surface area contributed by atoms with Gasteiger partial charge in [0.2, 0.25) is 17.7 Å². The van der Waals surface area contributed by atoms with E-state index in [0.29, 0.717) is 38.0 Å². The van der Waals surface area contributed by atoms with Crippen LogP contribution in [0.4, 0.5) is 17.1 Å². The summed E-state index contributed by atoms with van der Waals surface area (Å²) >= 11 is 0. The molecular formula is C53H66N4O7Si. The maximum absolute atomic E-state index is 15.9. The summed E-state index contributed by atoms with van der Waals surface area (Å²) < 4.78 is 13.0. The summed E-state index contributed by atoms with van der Waals surface area (Å²) in [5.41, 5.74) is 3.18. The molecule has 0 radical (unpaired) electrons. The molecule has 4 aliphatic heterocycles. The molecule has 0 aromatic heterocycles. The average molecular weight is 899 g/mol. The second-order valence-electron chi connectivity index (χ2n) is 19.1. The van der Waals surface area contributed by atoms with Crippen molar-refractivity contribution >= 4 is 54.0 Å². The second-order valence-corrected chi connectivity index (χ2v) is 23.8. The summed E-state index contributed by atoms with van der Waals surface area (Å²) in [6, 6.07) is 31.9. The van der Waals surface area contributed by atoms with Crippen LogP contribution in [0.2, 0.25) is 18.6 Å². The number of methoxy groups -OCH3 is 1. The second kappa shape index (κ2) is 20.1. The molecule has 4 aromatic rings. The summed E-state index contributed by atoms with van der Waals surface area (Å²) in [5.74, 6) is 0.218. The maximum atomic E-state index is 15.9. The zero-order valence-electron chi connectivity index (χ0n) is 38.7. The number of aliphatic hydroxyl groups is 1. The van der Waals surface area contributed by atoms with Crippen molar-refractivity contribution in [1.82, 2.24) is 4.90 Å². The van der Waals surface area contributed by atoms with Gasteiger partial charge in [-0.05, 0) is 84.8 Å². The molecule has 65 heavy (non-hydrogen) atoms. The van der Waals surface area contributed by atoms with Crippen LogP contribution in [0.15, 0.2) is 97.1 Å². The van der Waals surface area contributed by atoms with Crippen LogP contribution in [-0.2, 0) is 42.6 Å². The maximum Gasteiger partial charge on any atom is 0.264 e. The van der Waals surface area contributed by atoms with Crippen LogP contribution in [0.5, 0.6) is 5.75 Å². The standard InChI is InChI=1S/C53H66N4O7Si/c1-38-51(65(3,4)44-26-24-43(63-2)25-27-44)47(35-50(61)54(31-32-58)36-39-17-10-9-11-18-39)64-53(38)45-34-42(56-30-15-8-6-13-22-49(56)60)23-28-46(45)57(52(53)62)37-40-19-16-20-41(33-40)55-29-14-7-5-12-21-48(55)59/h9-11,16-20,23-28,33-34,38,47,51,58H,5-8,12-15,21-22,29-32,35-37H2,1-4H3/t38-,47+,51-,53+/m0/s1. The molecule has 3 saturated heterocycles. The number of hydrogen-bond donors (Lipinski definition) is 1. The quantitative estimate of drug-likeness (QED) is 0.134. The van der Waals surface area contributed by atoms with E-state index in [2.05, 4.69) is 32.2 Å². The highest BCUT2D eigenvalue weighted by Crippen LogP contribution is 2.60. The number of rotatable bonds is 13. The van der Waals surface area contributed by atoms with E-state index in [-0.39, 0.29) is 61.2 Å². The Bertz CT molecular complexity index is 2340. The van der Waals surface area contributed by atoms with Gasteiger partial charge in [0.05, 0.1) is 46.5 Å². The van der Waals surface area contributed by atoms with Crippen molar-refractivity contribution < 1.29 is 33.8 Å². The Kier molecular flexibility index (Phi) is 14.3.